The number of hydrogen-bond acceptors (Lipinski definition) is 4. The molecule has 1 fully saturated rings. The second-order valence-corrected chi connectivity index (χ2v) is 9.27. The second-order valence-electron chi connectivity index (χ2n) is 7.35. The van der Waals surface area contributed by atoms with Gasteiger partial charge in [0.25, 0.3) is 0 Å². The number of benzene rings is 1. The van der Waals surface area contributed by atoms with Crippen molar-refractivity contribution in [2.45, 2.75) is 18.8 Å². The van der Waals surface area contributed by atoms with E-state index in [-0.39, 0.29) is 20.1 Å². The third-order valence-electron chi connectivity index (χ3n) is 5.59. The number of nitrogens with two attached hydrogens (primary N) is 1. The molecule has 0 amide bonds. The Morgan fingerprint density at radius 2 is 2.00 bits per heavy atom. The number of aromatic amines is 2. The summed E-state index contributed by atoms with van der Waals surface area (Å²) >= 11 is 0.158. The molecule has 0 bridgehead atoms. The normalized spacial score (nSPS) is 16.5. The van der Waals surface area contributed by atoms with Gasteiger partial charge >= 0.3 is 155 Å². The van der Waals surface area contributed by atoms with Crippen molar-refractivity contribution in [3.8, 4) is 11.4 Å². The van der Waals surface area contributed by atoms with Gasteiger partial charge in [-0.3, -0.25) is 0 Å². The molecule has 0 saturated carbocycles. The molecule has 0 aliphatic carbocycles. The molecule has 5 rings (SSSR count). The third kappa shape index (κ3) is 2.83. The van der Waals surface area contributed by atoms with Crippen LogP contribution in [0.25, 0.3) is 32.2 Å². The van der Waals surface area contributed by atoms with E-state index in [0.29, 0.717) is 23.0 Å². The van der Waals surface area contributed by atoms with E-state index in [9.17, 15) is 4.79 Å². The monoisotopic (exact) mass is 427 g/mol. The van der Waals surface area contributed by atoms with E-state index in [1.165, 1.54) is 18.4 Å². The van der Waals surface area contributed by atoms with Crippen LogP contribution >= 0.6 is 0 Å². The zero-order valence-corrected chi connectivity index (χ0v) is 16.8. The van der Waals surface area contributed by atoms with Crippen molar-refractivity contribution in [1.82, 2.24) is 19.9 Å². The molecular weight excluding hydrogens is 405 g/mol. The average molecular weight is 426 g/mol. The summed E-state index contributed by atoms with van der Waals surface area (Å²) in [5.41, 5.74) is 11.2. The Kier molecular flexibility index (Phi) is 3.97. The van der Waals surface area contributed by atoms with Crippen LogP contribution in [0.4, 0.5) is 5.69 Å². The van der Waals surface area contributed by atoms with Crippen LogP contribution in [0.3, 0.4) is 0 Å². The number of pyridine rings is 1. The molecule has 138 valence electrons. The van der Waals surface area contributed by atoms with Crippen LogP contribution in [0.2, 0.25) is 0 Å². The van der Waals surface area contributed by atoms with Crippen LogP contribution in [0, 0.1) is 0 Å². The Hall–Kier alpha value is -2.34. The van der Waals surface area contributed by atoms with Crippen molar-refractivity contribution in [2.75, 3.05) is 25.9 Å². The first-order chi connectivity index (χ1) is 13.1. The van der Waals surface area contributed by atoms with Gasteiger partial charge in [0.2, 0.25) is 0 Å². The fourth-order valence-electron chi connectivity index (χ4n) is 4.01. The van der Waals surface area contributed by atoms with E-state index >= 15 is 0 Å². The molecule has 4 aromatic rings. The summed E-state index contributed by atoms with van der Waals surface area (Å²) in [5, 5.41) is 0. The Labute approximate surface area is 162 Å². The van der Waals surface area contributed by atoms with Crippen molar-refractivity contribution in [3.63, 3.8) is 0 Å². The van der Waals surface area contributed by atoms with Gasteiger partial charge in [-0.2, -0.15) is 0 Å². The first-order valence-corrected chi connectivity index (χ1v) is 11.0. The van der Waals surface area contributed by atoms with Crippen LogP contribution in [-0.4, -0.2) is 54.5 Å². The van der Waals surface area contributed by atoms with Crippen molar-refractivity contribution in [3.05, 3.63) is 45.1 Å². The van der Waals surface area contributed by atoms with Crippen molar-refractivity contribution < 1.29 is 0 Å². The summed E-state index contributed by atoms with van der Waals surface area (Å²) in [4.78, 5) is 28.0. The van der Waals surface area contributed by atoms with Crippen LogP contribution in [0.1, 0.15) is 24.3 Å². The predicted molar refractivity (Wildman–Crippen MR) is 110 cm³/mol. The molecule has 0 unspecified atom stereocenters. The van der Waals surface area contributed by atoms with Gasteiger partial charge < -0.3 is 0 Å². The summed E-state index contributed by atoms with van der Waals surface area (Å²) in [6.07, 6.45) is 2.35. The summed E-state index contributed by atoms with van der Waals surface area (Å²) < 4.78 is 1.03. The zero-order valence-electron chi connectivity index (χ0n) is 15.1. The summed E-state index contributed by atoms with van der Waals surface area (Å²) in [6.45, 7) is 2.27. The van der Waals surface area contributed by atoms with Crippen molar-refractivity contribution in [2.24, 2.45) is 0 Å². The van der Waals surface area contributed by atoms with Crippen molar-refractivity contribution >= 4 is 41.0 Å². The topological polar surface area (TPSA) is 90.8 Å². The standard InChI is InChI=1S/C20H21N5OSe/c1-25-7-4-11(5-8-25)12-2-3-13-15(10-12)23-19(22-13)16-17(21)18-14(6-9-27-18)24-20(16)26/h2-3,6,9-11H,4-5,7-8H2,1H3,(H,22,23)(H3,21,24,26). The Morgan fingerprint density at radius 3 is 2.81 bits per heavy atom. The number of likely N-dealkylation sites (tertiary alicyclic amines) is 1. The fourth-order valence-corrected chi connectivity index (χ4v) is 5.72. The van der Waals surface area contributed by atoms with Crippen molar-refractivity contribution in [1.29, 1.82) is 0 Å². The number of nitrogen functional groups attached to an aromatic ring is 1. The number of aromatic nitrogens is 3. The maximum absolute atomic E-state index is 12.6. The van der Waals surface area contributed by atoms with Gasteiger partial charge in [0.05, 0.1) is 0 Å². The van der Waals surface area contributed by atoms with E-state index in [0.717, 1.165) is 33.9 Å². The quantitative estimate of drug-likeness (QED) is 0.430. The number of rotatable bonds is 2. The maximum atomic E-state index is 12.6. The minimum absolute atomic E-state index is 0.158. The molecule has 4 N–H and O–H groups in total. The molecule has 0 radical (unpaired) electrons. The average Bonchev–Trinajstić information content (AvgIpc) is 3.28. The molecule has 1 aromatic carbocycles. The summed E-state index contributed by atoms with van der Waals surface area (Å²) in [5.74, 6) is 1.13. The molecule has 3 aromatic heterocycles. The van der Waals surface area contributed by atoms with Gasteiger partial charge in [-0.15, -0.1) is 0 Å². The molecule has 7 heteroatoms. The number of nitrogens with one attached hydrogen (secondary N) is 2. The molecule has 4 heterocycles. The number of H-pyrrole nitrogens is 2. The number of piperidine rings is 1. The van der Waals surface area contributed by atoms with E-state index in [2.05, 4.69) is 44.0 Å². The van der Waals surface area contributed by atoms with Crippen LogP contribution in [-0.2, 0) is 0 Å². The Bertz CT molecular complexity index is 1200. The predicted octanol–water partition coefficient (Wildman–Crippen LogP) is 2.52. The minimum atomic E-state index is -0.191. The fraction of sp³-hybridized carbons (Fsp3) is 0.300. The van der Waals surface area contributed by atoms with E-state index in [1.54, 1.807) is 0 Å². The Morgan fingerprint density at radius 1 is 1.19 bits per heavy atom. The van der Waals surface area contributed by atoms with E-state index in [1.807, 2.05) is 12.1 Å². The molecule has 1 saturated heterocycles. The van der Waals surface area contributed by atoms with Gasteiger partial charge in [-0.25, -0.2) is 0 Å². The molecule has 1 aliphatic rings. The first kappa shape index (κ1) is 16.8. The zero-order chi connectivity index (χ0) is 18.5. The van der Waals surface area contributed by atoms with E-state index in [4.69, 9.17) is 5.73 Å². The molecule has 6 nitrogen and oxygen atoms in total. The van der Waals surface area contributed by atoms with Gasteiger partial charge in [0, 0.05) is 0 Å². The molecule has 0 spiro atoms. The Balaban J connectivity index is 1.58. The summed E-state index contributed by atoms with van der Waals surface area (Å²) in [6, 6.07) is 8.34. The molecule has 0 atom stereocenters. The number of anilines is 1. The number of imidazole rings is 1. The molecule has 27 heavy (non-hydrogen) atoms. The number of nitrogens with zero attached hydrogens (tertiary/aromatic N) is 2. The number of fused-ring (bicyclic) bond motifs is 2. The SMILES string of the molecule is CN1CCC(c2ccc3nc(-c4c(N)c5[se]ccc5[nH]c4=O)[nH]c3c2)CC1. The van der Waals surface area contributed by atoms with E-state index < -0.39 is 0 Å². The first-order valence-electron chi connectivity index (χ1n) is 9.17. The summed E-state index contributed by atoms with van der Waals surface area (Å²) in [7, 11) is 2.18. The van der Waals surface area contributed by atoms with Gasteiger partial charge in [0.1, 0.15) is 0 Å². The van der Waals surface area contributed by atoms with Crippen LogP contribution < -0.4 is 11.3 Å². The van der Waals surface area contributed by atoms with Crippen LogP contribution in [0.15, 0.2) is 34.0 Å². The molecule has 1 aliphatic heterocycles. The molecular formula is C20H21N5OSe. The second kappa shape index (κ2) is 6.37. The van der Waals surface area contributed by atoms with Crippen LogP contribution in [0.5, 0.6) is 0 Å². The third-order valence-corrected chi connectivity index (χ3v) is 7.58. The van der Waals surface area contributed by atoms with Gasteiger partial charge in [-0.05, 0) is 7.05 Å². The number of hydrogen-bond donors (Lipinski definition) is 3. The van der Waals surface area contributed by atoms with Gasteiger partial charge in [-0.1, -0.05) is 0 Å². The van der Waals surface area contributed by atoms with Gasteiger partial charge in [0.15, 0.2) is 0 Å².